The number of carbonyl (C=O) groups excluding carboxylic acids is 4. The first-order valence-electron chi connectivity index (χ1n) is 12.8. The minimum Gasteiger partial charge on any atom is -0.484 e. The van der Waals surface area contributed by atoms with Gasteiger partial charge in [0.15, 0.2) is 6.61 Å². The minimum atomic E-state index is -0.745. The van der Waals surface area contributed by atoms with Gasteiger partial charge in [-0.1, -0.05) is 38.1 Å². The van der Waals surface area contributed by atoms with Crippen molar-refractivity contribution in [2.45, 2.75) is 58.0 Å². The zero-order chi connectivity index (χ0) is 27.8. The van der Waals surface area contributed by atoms with Crippen LogP contribution in [0.3, 0.4) is 0 Å². The monoisotopic (exact) mass is 530 g/mol. The van der Waals surface area contributed by atoms with Crippen molar-refractivity contribution in [3.05, 3.63) is 42.5 Å². The predicted molar refractivity (Wildman–Crippen MR) is 143 cm³/mol. The molecule has 0 unspecified atom stereocenters. The third-order valence-electron chi connectivity index (χ3n) is 5.32. The van der Waals surface area contributed by atoms with Gasteiger partial charge < -0.3 is 30.7 Å². The van der Waals surface area contributed by atoms with E-state index in [1.54, 1.807) is 12.1 Å². The molecule has 1 atom stereocenters. The molecule has 0 radical (unpaired) electrons. The molecule has 1 aromatic carbocycles. The van der Waals surface area contributed by atoms with E-state index in [9.17, 15) is 19.2 Å². The Morgan fingerprint density at radius 2 is 1.87 bits per heavy atom. The van der Waals surface area contributed by atoms with Crippen LogP contribution in [0.25, 0.3) is 0 Å². The summed E-state index contributed by atoms with van der Waals surface area (Å²) in [6.07, 6.45) is 4.10. The van der Waals surface area contributed by atoms with Crippen LogP contribution in [-0.4, -0.2) is 68.0 Å². The third kappa shape index (κ3) is 11.8. The maximum atomic E-state index is 12.8. The molecule has 1 aromatic rings. The highest BCUT2D eigenvalue weighted by Crippen LogP contribution is 2.18. The lowest BCUT2D eigenvalue weighted by atomic mass is 10.1. The maximum Gasteiger partial charge on any atom is 0.407 e. The zero-order valence-corrected chi connectivity index (χ0v) is 22.0. The van der Waals surface area contributed by atoms with E-state index in [0.29, 0.717) is 38.1 Å². The molecule has 5 amide bonds. The Balaban J connectivity index is 1.90. The average Bonchev–Trinajstić information content (AvgIpc) is 3.71. The number of benzene rings is 1. The highest BCUT2D eigenvalue weighted by molar-refractivity contribution is 6.41. The first-order chi connectivity index (χ1) is 18.4. The highest BCUT2D eigenvalue weighted by Gasteiger charge is 2.30. The SMILES string of the molecule is C=CCOC(=O)N[C@@H](CCC)C(=NNC(=O)NCCc1ccc(OCC(=O)NCC)cc1)C(=O)NC1CC1. The van der Waals surface area contributed by atoms with Gasteiger partial charge in [-0.05, 0) is 50.3 Å². The molecular formula is C26H38N6O6. The molecule has 0 aliphatic heterocycles. The van der Waals surface area contributed by atoms with Gasteiger partial charge in [0.1, 0.15) is 18.1 Å². The number of alkyl carbamates (subject to hydrolysis) is 1. The number of hydrogen-bond donors (Lipinski definition) is 5. The Kier molecular flexibility index (Phi) is 13.2. The lowest BCUT2D eigenvalue weighted by molar-refractivity contribution is -0.123. The standard InChI is InChI=1S/C26H38N6O6/c1-4-7-21(30-26(36)37-16-5-2)23(24(34)29-19-10-11-19)31-32-25(35)28-15-14-18-8-12-20(13-9-18)38-17-22(33)27-6-3/h5,8-9,12-13,19,21H,2,4,6-7,10-11,14-17H2,1,3H3,(H,27,33)(H,29,34)(H,30,36)(H2,28,32,35)/t21-/m0/s1. The van der Waals surface area contributed by atoms with Crippen molar-refractivity contribution < 1.29 is 28.7 Å². The van der Waals surface area contributed by atoms with E-state index in [-0.39, 0.29) is 30.9 Å². The Labute approximate surface area is 223 Å². The summed E-state index contributed by atoms with van der Waals surface area (Å²) in [6, 6.07) is 5.93. The van der Waals surface area contributed by atoms with E-state index < -0.39 is 24.1 Å². The Bertz CT molecular complexity index is 977. The number of rotatable bonds is 16. The number of urea groups is 1. The van der Waals surface area contributed by atoms with Crippen LogP contribution < -0.4 is 31.4 Å². The van der Waals surface area contributed by atoms with Gasteiger partial charge in [-0.3, -0.25) is 9.59 Å². The van der Waals surface area contributed by atoms with Gasteiger partial charge in [0.2, 0.25) is 0 Å². The summed E-state index contributed by atoms with van der Waals surface area (Å²) in [5, 5.41) is 14.9. The molecule has 5 N–H and O–H groups in total. The number of hydrazone groups is 1. The predicted octanol–water partition coefficient (Wildman–Crippen LogP) is 1.76. The van der Waals surface area contributed by atoms with Crippen LogP contribution in [0.2, 0.25) is 0 Å². The Hall–Kier alpha value is -4.09. The molecule has 0 bridgehead atoms. The molecule has 12 heteroatoms. The quantitative estimate of drug-likeness (QED) is 0.124. The minimum absolute atomic E-state index is 0.00680. The smallest absolute Gasteiger partial charge is 0.407 e. The van der Waals surface area contributed by atoms with Crippen molar-refractivity contribution >= 4 is 29.7 Å². The normalized spacial score (nSPS) is 13.5. The van der Waals surface area contributed by atoms with Crippen LogP contribution in [0.15, 0.2) is 42.0 Å². The summed E-state index contributed by atoms with van der Waals surface area (Å²) in [7, 11) is 0. The summed E-state index contributed by atoms with van der Waals surface area (Å²) in [5.74, 6) is -0.0718. The summed E-state index contributed by atoms with van der Waals surface area (Å²) in [6.45, 7) is 8.07. The van der Waals surface area contributed by atoms with E-state index >= 15 is 0 Å². The zero-order valence-electron chi connectivity index (χ0n) is 22.0. The molecule has 0 aromatic heterocycles. The van der Waals surface area contributed by atoms with Crippen LogP contribution in [0, 0.1) is 0 Å². The number of amides is 5. The molecule has 0 heterocycles. The fraction of sp³-hybridized carbons (Fsp3) is 0.500. The first-order valence-corrected chi connectivity index (χ1v) is 12.8. The molecule has 38 heavy (non-hydrogen) atoms. The Morgan fingerprint density at radius 3 is 2.50 bits per heavy atom. The molecule has 0 saturated heterocycles. The van der Waals surface area contributed by atoms with Crippen LogP contribution >= 0.6 is 0 Å². The van der Waals surface area contributed by atoms with Crippen LogP contribution in [0.4, 0.5) is 9.59 Å². The summed E-state index contributed by atoms with van der Waals surface area (Å²) in [5.41, 5.74) is 3.30. The second kappa shape index (κ2) is 16.6. The first kappa shape index (κ1) is 30.1. The van der Waals surface area contributed by atoms with E-state index in [4.69, 9.17) is 9.47 Å². The fourth-order valence-electron chi connectivity index (χ4n) is 3.28. The van der Waals surface area contributed by atoms with Crippen molar-refractivity contribution in [3.8, 4) is 5.75 Å². The van der Waals surface area contributed by atoms with Gasteiger partial charge in [-0.2, -0.15) is 5.10 Å². The van der Waals surface area contributed by atoms with Crippen molar-refractivity contribution in [2.75, 3.05) is 26.3 Å². The number of ether oxygens (including phenoxy) is 2. The molecule has 0 spiro atoms. The number of likely N-dealkylation sites (N-methyl/N-ethyl adjacent to an activating group) is 1. The number of nitrogens with one attached hydrogen (secondary N) is 5. The third-order valence-corrected chi connectivity index (χ3v) is 5.32. The second-order valence-electron chi connectivity index (χ2n) is 8.62. The van der Waals surface area contributed by atoms with Crippen LogP contribution in [-0.2, 0) is 20.7 Å². The molecule has 12 nitrogen and oxygen atoms in total. The summed E-state index contributed by atoms with van der Waals surface area (Å²) >= 11 is 0. The van der Waals surface area contributed by atoms with Crippen molar-refractivity contribution in [3.63, 3.8) is 0 Å². The van der Waals surface area contributed by atoms with E-state index in [1.807, 2.05) is 26.0 Å². The average molecular weight is 531 g/mol. The van der Waals surface area contributed by atoms with E-state index in [1.165, 1.54) is 6.08 Å². The lowest BCUT2D eigenvalue weighted by Gasteiger charge is -2.19. The van der Waals surface area contributed by atoms with Crippen molar-refractivity contribution in [1.82, 2.24) is 26.7 Å². The molecule has 1 aliphatic carbocycles. The summed E-state index contributed by atoms with van der Waals surface area (Å²) < 4.78 is 10.4. The summed E-state index contributed by atoms with van der Waals surface area (Å²) in [4.78, 5) is 48.7. The second-order valence-corrected chi connectivity index (χ2v) is 8.62. The number of hydrogen-bond acceptors (Lipinski definition) is 7. The molecule has 1 aliphatic rings. The van der Waals surface area contributed by atoms with Gasteiger partial charge in [0, 0.05) is 19.1 Å². The lowest BCUT2D eigenvalue weighted by Crippen LogP contribution is -2.49. The van der Waals surface area contributed by atoms with Crippen LogP contribution in [0.5, 0.6) is 5.75 Å². The Morgan fingerprint density at radius 1 is 1.13 bits per heavy atom. The fourth-order valence-corrected chi connectivity index (χ4v) is 3.28. The van der Waals surface area contributed by atoms with Crippen molar-refractivity contribution in [2.24, 2.45) is 5.10 Å². The molecule has 2 rings (SSSR count). The number of nitrogens with zero attached hydrogens (tertiary/aromatic N) is 1. The molecular weight excluding hydrogens is 492 g/mol. The van der Waals surface area contributed by atoms with Gasteiger partial charge in [-0.25, -0.2) is 15.0 Å². The molecule has 1 saturated carbocycles. The van der Waals surface area contributed by atoms with E-state index in [0.717, 1.165) is 18.4 Å². The van der Waals surface area contributed by atoms with Gasteiger partial charge in [0.25, 0.3) is 11.8 Å². The maximum absolute atomic E-state index is 12.8. The van der Waals surface area contributed by atoms with Crippen LogP contribution in [0.1, 0.15) is 45.1 Å². The number of carbonyl (C=O) groups is 4. The van der Waals surface area contributed by atoms with E-state index in [2.05, 4.69) is 38.4 Å². The molecule has 1 fully saturated rings. The van der Waals surface area contributed by atoms with Gasteiger partial charge in [0.05, 0.1) is 6.04 Å². The molecule has 208 valence electrons. The van der Waals surface area contributed by atoms with Gasteiger partial charge in [-0.15, -0.1) is 0 Å². The highest BCUT2D eigenvalue weighted by atomic mass is 16.5. The van der Waals surface area contributed by atoms with Crippen molar-refractivity contribution in [1.29, 1.82) is 0 Å². The largest absolute Gasteiger partial charge is 0.484 e. The topological polar surface area (TPSA) is 159 Å². The van der Waals surface area contributed by atoms with Gasteiger partial charge >= 0.3 is 12.1 Å².